The van der Waals surface area contributed by atoms with Crippen LogP contribution in [0.2, 0.25) is 0 Å². The molecule has 42 heavy (non-hydrogen) atoms. The molecule has 3 aliphatic heterocycles. The van der Waals surface area contributed by atoms with Gasteiger partial charge in [-0.15, -0.1) is 0 Å². The van der Waals surface area contributed by atoms with Gasteiger partial charge < -0.3 is 29.1 Å². The fourth-order valence-electron chi connectivity index (χ4n) is 4.99. The van der Waals surface area contributed by atoms with Gasteiger partial charge in [0, 0.05) is 36.0 Å². The third-order valence-electron chi connectivity index (χ3n) is 6.91. The second-order valence-electron chi connectivity index (χ2n) is 10.7. The maximum atomic E-state index is 14.7. The summed E-state index contributed by atoms with van der Waals surface area (Å²) in [5.41, 5.74) is -0.644. The number of halogens is 2. The van der Waals surface area contributed by atoms with E-state index in [1.165, 1.54) is 6.07 Å². The Morgan fingerprint density at radius 3 is 2.52 bits per heavy atom. The molecule has 10 nitrogen and oxygen atoms in total. The number of esters is 1. The molecular formula is C30H28FIN2O8. The van der Waals surface area contributed by atoms with Crippen LogP contribution in [0.3, 0.4) is 0 Å². The summed E-state index contributed by atoms with van der Waals surface area (Å²) in [6.45, 7) is 6.15. The zero-order valence-electron chi connectivity index (χ0n) is 23.6. The minimum absolute atomic E-state index is 0.000266. The predicted octanol–water partition coefficient (Wildman–Crippen LogP) is 3.59. The van der Waals surface area contributed by atoms with Crippen molar-refractivity contribution in [2.24, 2.45) is 0 Å². The third kappa shape index (κ3) is 5.60. The van der Waals surface area contributed by atoms with Gasteiger partial charge in [-0.05, 0) is 61.9 Å². The van der Waals surface area contributed by atoms with Crippen molar-refractivity contribution in [2.75, 3.05) is 31.7 Å². The molecule has 3 heterocycles. The van der Waals surface area contributed by atoms with Crippen LogP contribution in [0.1, 0.15) is 39.7 Å². The van der Waals surface area contributed by atoms with Gasteiger partial charge in [0.1, 0.15) is 35.4 Å². The Morgan fingerprint density at radius 1 is 1.21 bits per heavy atom. The van der Waals surface area contributed by atoms with E-state index < -0.39 is 29.6 Å². The molecule has 0 fully saturated rings. The Hall–Kier alpha value is -3.92. The van der Waals surface area contributed by atoms with E-state index in [4.69, 9.17) is 14.2 Å². The Labute approximate surface area is 255 Å². The molecule has 4 rings (SSSR count). The highest BCUT2D eigenvalue weighted by Crippen LogP contribution is 2.48. The number of anilines is 1. The van der Waals surface area contributed by atoms with E-state index in [0.717, 1.165) is 6.07 Å². The van der Waals surface area contributed by atoms with Gasteiger partial charge in [0.05, 0.1) is 27.1 Å². The van der Waals surface area contributed by atoms with E-state index in [-0.39, 0.29) is 47.9 Å². The van der Waals surface area contributed by atoms with Crippen LogP contribution in [-0.4, -0.2) is 71.8 Å². The number of fused-ring (bicyclic) bond motifs is 1. The Kier molecular flexibility index (Phi) is 8.68. The van der Waals surface area contributed by atoms with Crippen LogP contribution in [0.15, 0.2) is 56.3 Å². The predicted molar refractivity (Wildman–Crippen MR) is 159 cm³/mol. The molecule has 1 atom stereocenters. The van der Waals surface area contributed by atoms with Crippen LogP contribution in [-0.2, 0) is 28.7 Å². The highest BCUT2D eigenvalue weighted by atomic mass is 127. The Bertz CT molecular complexity index is 1600. The lowest BCUT2D eigenvalue weighted by atomic mass is 9.81. The van der Waals surface area contributed by atoms with Crippen LogP contribution in [0.5, 0.6) is 5.75 Å². The number of likely N-dealkylation sites (N-methyl/N-ethyl adjacent to an activating group) is 1. The fraction of sp³-hybridized carbons (Fsp3) is 0.367. The molecule has 0 saturated carbocycles. The zero-order valence-corrected chi connectivity index (χ0v) is 25.8. The summed E-state index contributed by atoms with van der Waals surface area (Å²) in [5.74, 6) is 3.83. The number of aliphatic hydroxyl groups is 1. The van der Waals surface area contributed by atoms with Gasteiger partial charge in [-0.1, -0.05) is 6.92 Å². The molecule has 1 N–H and O–H groups in total. The van der Waals surface area contributed by atoms with E-state index in [9.17, 15) is 28.7 Å². The molecule has 0 spiro atoms. The summed E-state index contributed by atoms with van der Waals surface area (Å²) < 4.78 is 31.6. The Morgan fingerprint density at radius 2 is 1.93 bits per heavy atom. The molecule has 0 radical (unpaired) electrons. The lowest BCUT2D eigenvalue weighted by Crippen LogP contribution is -2.42. The van der Waals surface area contributed by atoms with Gasteiger partial charge in [-0.2, -0.15) is 0 Å². The molecule has 0 bridgehead atoms. The summed E-state index contributed by atoms with van der Waals surface area (Å²) in [5, 5.41) is 11.2. The van der Waals surface area contributed by atoms with E-state index in [2.05, 4.69) is 0 Å². The van der Waals surface area contributed by atoms with Crippen LogP contribution >= 0.6 is 22.6 Å². The molecule has 0 saturated heterocycles. The minimum atomic E-state index is -1.76. The molecule has 220 valence electrons. The number of allylic oxidation sites excluding steroid dienone is 2. The summed E-state index contributed by atoms with van der Waals surface area (Å²) >= 11 is 1.95. The van der Waals surface area contributed by atoms with Crippen molar-refractivity contribution in [2.45, 2.75) is 45.3 Å². The molecule has 0 unspecified atom stereocenters. The van der Waals surface area contributed by atoms with Gasteiger partial charge in [0.2, 0.25) is 5.76 Å². The van der Waals surface area contributed by atoms with E-state index in [0.29, 0.717) is 26.1 Å². The van der Waals surface area contributed by atoms with Gasteiger partial charge in [-0.25, -0.2) is 23.6 Å². The molecule has 3 aliphatic rings. The first-order valence-electron chi connectivity index (χ1n) is 12.9. The van der Waals surface area contributed by atoms with Crippen molar-refractivity contribution < 1.29 is 42.9 Å². The number of nitrogens with zero attached hydrogens (tertiary/aromatic N) is 2. The molecule has 0 amide bonds. The van der Waals surface area contributed by atoms with E-state index in [1.54, 1.807) is 62.8 Å². The second-order valence-corrected chi connectivity index (χ2v) is 11.8. The molecule has 0 aromatic heterocycles. The van der Waals surface area contributed by atoms with E-state index >= 15 is 0 Å². The number of rotatable bonds is 6. The highest BCUT2D eigenvalue weighted by molar-refractivity contribution is 14.1. The standard InChI is InChI=1S/C30H28FIN2O8/c1-6-30(39)21-7-8-34(23(13-36)20(21)15-41-25(30)14-37)11-22-27(32)19(12-35)18-9-17(31)10-24(28(18)33(22)5)40-16-26(38)42-29(2,3)4/h7-10,39H,6,11,15-16H2,1-5H3/t30-/m0/s1. The van der Waals surface area contributed by atoms with Crippen molar-refractivity contribution >= 4 is 57.6 Å². The largest absolute Gasteiger partial charge is 0.480 e. The number of carbonyl (C=O) groups excluding carboxylic acids is 4. The monoisotopic (exact) mass is 690 g/mol. The first-order chi connectivity index (χ1) is 19.8. The summed E-state index contributed by atoms with van der Waals surface area (Å²) in [4.78, 5) is 51.4. The Balaban J connectivity index is 1.71. The van der Waals surface area contributed by atoms with Gasteiger partial charge in [-0.3, -0.25) is 0 Å². The third-order valence-corrected chi connectivity index (χ3v) is 8.07. The smallest absolute Gasteiger partial charge is 0.344 e. The van der Waals surface area contributed by atoms with Crippen molar-refractivity contribution in [3.05, 3.63) is 67.7 Å². The average Bonchev–Trinajstić information content (AvgIpc) is 2.93. The number of ether oxygens (including phenoxy) is 3. The normalized spacial score (nSPS) is 20.0. The lowest BCUT2D eigenvalue weighted by molar-refractivity contribution is -0.157. The van der Waals surface area contributed by atoms with Crippen molar-refractivity contribution in [1.82, 2.24) is 4.90 Å². The second kappa shape index (κ2) is 11.8. The van der Waals surface area contributed by atoms with Crippen LogP contribution < -0.4 is 9.64 Å². The van der Waals surface area contributed by atoms with Crippen molar-refractivity contribution in [1.29, 1.82) is 0 Å². The summed E-state index contributed by atoms with van der Waals surface area (Å²) in [6, 6.07) is 2.29. The van der Waals surface area contributed by atoms with E-state index in [1.807, 2.05) is 34.5 Å². The molecule has 1 aromatic rings. The van der Waals surface area contributed by atoms with Gasteiger partial charge in [0.25, 0.3) is 0 Å². The summed E-state index contributed by atoms with van der Waals surface area (Å²) in [7, 11) is 1.68. The molecular weight excluding hydrogens is 662 g/mol. The first kappa shape index (κ1) is 31.0. The highest BCUT2D eigenvalue weighted by Gasteiger charge is 2.44. The van der Waals surface area contributed by atoms with Gasteiger partial charge in [0.15, 0.2) is 24.1 Å². The first-order valence-corrected chi connectivity index (χ1v) is 14.0. The molecule has 12 heteroatoms. The maximum Gasteiger partial charge on any atom is 0.344 e. The number of hydrogen-bond acceptors (Lipinski definition) is 10. The fourth-order valence-corrected chi connectivity index (χ4v) is 5.92. The number of benzene rings is 1. The minimum Gasteiger partial charge on any atom is -0.480 e. The van der Waals surface area contributed by atoms with Crippen LogP contribution in [0.25, 0.3) is 5.57 Å². The SMILES string of the molecule is CC[C@@]1(O)C(=C=O)OCC2=C1C=CN(CC1=C(I)C(=C=O)c3cc(F)cc(OCC(=O)OC(C)(C)C)c3N1C)C2=C=O. The molecule has 1 aromatic carbocycles. The maximum absolute atomic E-state index is 14.7. The lowest BCUT2D eigenvalue weighted by Gasteiger charge is -2.40. The average molecular weight is 690 g/mol. The van der Waals surface area contributed by atoms with Gasteiger partial charge >= 0.3 is 5.97 Å². The number of carbonyl (C=O) groups is 1. The quantitative estimate of drug-likeness (QED) is 0.269. The zero-order chi connectivity index (χ0) is 31.0. The van der Waals surface area contributed by atoms with Crippen molar-refractivity contribution in [3.63, 3.8) is 0 Å². The number of hydrogen-bond donors (Lipinski definition) is 1. The topological polar surface area (TPSA) is 123 Å². The van der Waals surface area contributed by atoms with Crippen LogP contribution in [0, 0.1) is 5.82 Å². The van der Waals surface area contributed by atoms with Crippen LogP contribution in [0.4, 0.5) is 10.1 Å². The summed E-state index contributed by atoms with van der Waals surface area (Å²) in [6.07, 6.45) is 3.25. The van der Waals surface area contributed by atoms with Crippen molar-refractivity contribution in [3.8, 4) is 5.75 Å². The molecule has 0 aliphatic carbocycles.